The molecule has 0 saturated heterocycles. The van der Waals surface area contributed by atoms with Crippen LogP contribution in [0.5, 0.6) is 0 Å². The average Bonchev–Trinajstić information content (AvgIpc) is 2.36. The van der Waals surface area contributed by atoms with Gasteiger partial charge < -0.3 is 11.1 Å². The Morgan fingerprint density at radius 3 is 2.18 bits per heavy atom. The molecule has 2 rings (SSSR count). The Morgan fingerprint density at radius 1 is 1.00 bits per heavy atom. The Morgan fingerprint density at radius 2 is 1.64 bits per heavy atom. The second-order valence-electron chi connectivity index (χ2n) is 4.08. The van der Waals surface area contributed by atoms with Gasteiger partial charge in [-0.2, -0.15) is 0 Å². The predicted octanol–water partition coefficient (Wildman–Crippen LogP) is 1.01. The van der Waals surface area contributed by atoms with Gasteiger partial charge in [0.15, 0.2) is 0 Å². The highest BCUT2D eigenvalue weighted by atomic mass is 15.0. The summed E-state index contributed by atoms with van der Waals surface area (Å²) in [5, 5.41) is 3.67. The fraction of sp³-hybridized carbons (Fsp3) is 1.00. The second-order valence-corrected chi connectivity index (χ2v) is 4.08. The fourth-order valence-electron chi connectivity index (χ4n) is 2.22. The largest absolute Gasteiger partial charge is 0.328 e. The molecule has 0 unspecified atom stereocenters. The topological polar surface area (TPSA) is 38.0 Å². The Labute approximate surface area is 68.5 Å². The third-order valence-electron chi connectivity index (χ3n) is 3.00. The van der Waals surface area contributed by atoms with E-state index in [0.29, 0.717) is 6.04 Å². The number of nitrogens with two attached hydrogens (primary N) is 1. The minimum Gasteiger partial charge on any atom is -0.328 e. The van der Waals surface area contributed by atoms with E-state index < -0.39 is 0 Å². The van der Waals surface area contributed by atoms with Crippen molar-refractivity contribution in [3.8, 4) is 0 Å². The molecule has 3 N–H and O–H groups in total. The number of nitrogens with one attached hydrogen (secondary N) is 1. The van der Waals surface area contributed by atoms with E-state index in [0.717, 1.165) is 12.1 Å². The summed E-state index contributed by atoms with van der Waals surface area (Å²) in [7, 11) is 0. The van der Waals surface area contributed by atoms with E-state index in [1.807, 2.05) is 0 Å². The summed E-state index contributed by atoms with van der Waals surface area (Å²) in [5.41, 5.74) is 5.70. The van der Waals surface area contributed by atoms with Gasteiger partial charge in [0.05, 0.1) is 0 Å². The highest BCUT2D eigenvalue weighted by Gasteiger charge is 2.28. The summed E-state index contributed by atoms with van der Waals surface area (Å²) in [6.07, 6.45) is 8.05. The molecule has 2 nitrogen and oxygen atoms in total. The first-order valence-corrected chi connectivity index (χ1v) is 4.86. The van der Waals surface area contributed by atoms with Crippen LogP contribution in [0.1, 0.15) is 38.5 Å². The van der Waals surface area contributed by atoms with Gasteiger partial charge in [-0.05, 0) is 25.7 Å². The van der Waals surface area contributed by atoms with Gasteiger partial charge in [0.1, 0.15) is 0 Å². The summed E-state index contributed by atoms with van der Waals surface area (Å²) >= 11 is 0. The van der Waals surface area contributed by atoms with Crippen molar-refractivity contribution >= 4 is 0 Å². The maximum absolute atomic E-state index is 5.70. The normalized spacial score (nSPS) is 39.0. The van der Waals surface area contributed by atoms with Gasteiger partial charge in [-0.25, -0.2) is 0 Å². The molecule has 0 bridgehead atoms. The molecule has 2 heteroatoms. The summed E-state index contributed by atoms with van der Waals surface area (Å²) in [6.45, 7) is 0. The molecular formula is C9H18N2. The molecule has 2 fully saturated rings. The zero-order valence-electron chi connectivity index (χ0n) is 7.05. The third kappa shape index (κ3) is 1.74. The summed E-state index contributed by atoms with van der Waals surface area (Å²) < 4.78 is 0. The number of hydrogen-bond donors (Lipinski definition) is 2. The van der Waals surface area contributed by atoms with Crippen LogP contribution in [-0.4, -0.2) is 18.1 Å². The van der Waals surface area contributed by atoms with Gasteiger partial charge in [0, 0.05) is 18.1 Å². The molecule has 0 aliphatic heterocycles. The Kier molecular flexibility index (Phi) is 2.14. The number of rotatable bonds is 2. The van der Waals surface area contributed by atoms with Crippen molar-refractivity contribution in [1.82, 2.24) is 5.32 Å². The van der Waals surface area contributed by atoms with E-state index in [-0.39, 0.29) is 0 Å². The van der Waals surface area contributed by atoms with Gasteiger partial charge in [-0.3, -0.25) is 0 Å². The zero-order chi connectivity index (χ0) is 7.68. The first-order chi connectivity index (χ1) is 5.34. The van der Waals surface area contributed by atoms with Crippen molar-refractivity contribution in [2.75, 3.05) is 0 Å². The van der Waals surface area contributed by atoms with Crippen LogP contribution in [0.4, 0.5) is 0 Å². The van der Waals surface area contributed by atoms with Crippen molar-refractivity contribution in [3.05, 3.63) is 0 Å². The van der Waals surface area contributed by atoms with Crippen LogP contribution >= 0.6 is 0 Å². The van der Waals surface area contributed by atoms with Gasteiger partial charge in [-0.15, -0.1) is 0 Å². The SMILES string of the molecule is NC1CC(NC2CCCC2)C1. The molecule has 0 aromatic carbocycles. The Hall–Kier alpha value is -0.0800. The monoisotopic (exact) mass is 154 g/mol. The molecule has 2 aliphatic rings. The molecule has 11 heavy (non-hydrogen) atoms. The lowest BCUT2D eigenvalue weighted by Gasteiger charge is -2.35. The van der Waals surface area contributed by atoms with Crippen molar-refractivity contribution in [2.45, 2.75) is 56.7 Å². The van der Waals surface area contributed by atoms with E-state index in [1.165, 1.54) is 38.5 Å². The molecule has 2 aliphatic carbocycles. The lowest BCUT2D eigenvalue weighted by Crippen LogP contribution is -2.51. The smallest absolute Gasteiger partial charge is 0.00991 e. The van der Waals surface area contributed by atoms with E-state index in [2.05, 4.69) is 5.32 Å². The van der Waals surface area contributed by atoms with Crippen LogP contribution in [0.3, 0.4) is 0 Å². The standard InChI is InChI=1S/C9H18N2/c10-7-5-9(6-7)11-8-3-1-2-4-8/h7-9,11H,1-6,10H2. The second kappa shape index (κ2) is 3.11. The zero-order valence-corrected chi connectivity index (χ0v) is 7.05. The van der Waals surface area contributed by atoms with Crippen LogP contribution in [0.2, 0.25) is 0 Å². The molecule has 0 heterocycles. The van der Waals surface area contributed by atoms with Crippen LogP contribution in [0.15, 0.2) is 0 Å². The molecule has 0 atom stereocenters. The van der Waals surface area contributed by atoms with Gasteiger partial charge in [0.25, 0.3) is 0 Å². The minimum absolute atomic E-state index is 0.494. The molecular weight excluding hydrogens is 136 g/mol. The molecule has 0 spiro atoms. The van der Waals surface area contributed by atoms with Gasteiger partial charge in [0.2, 0.25) is 0 Å². The Balaban J connectivity index is 1.66. The van der Waals surface area contributed by atoms with Crippen LogP contribution in [0, 0.1) is 0 Å². The average molecular weight is 154 g/mol. The first kappa shape index (κ1) is 7.56. The van der Waals surface area contributed by atoms with Crippen molar-refractivity contribution in [1.29, 1.82) is 0 Å². The molecule has 64 valence electrons. The molecule has 2 saturated carbocycles. The first-order valence-electron chi connectivity index (χ1n) is 4.86. The maximum Gasteiger partial charge on any atom is 0.00991 e. The molecule has 0 aromatic heterocycles. The lowest BCUT2D eigenvalue weighted by atomic mass is 9.87. The van der Waals surface area contributed by atoms with Crippen molar-refractivity contribution < 1.29 is 0 Å². The molecule has 0 radical (unpaired) electrons. The fourth-order valence-corrected chi connectivity index (χ4v) is 2.22. The van der Waals surface area contributed by atoms with Crippen LogP contribution in [-0.2, 0) is 0 Å². The van der Waals surface area contributed by atoms with E-state index in [1.54, 1.807) is 0 Å². The predicted molar refractivity (Wildman–Crippen MR) is 46.4 cm³/mol. The maximum atomic E-state index is 5.70. The van der Waals surface area contributed by atoms with Crippen LogP contribution in [0.25, 0.3) is 0 Å². The van der Waals surface area contributed by atoms with Crippen molar-refractivity contribution in [3.63, 3.8) is 0 Å². The van der Waals surface area contributed by atoms with E-state index >= 15 is 0 Å². The van der Waals surface area contributed by atoms with E-state index in [4.69, 9.17) is 5.73 Å². The Bertz CT molecular complexity index is 124. The highest BCUT2D eigenvalue weighted by molar-refractivity contribution is 4.90. The van der Waals surface area contributed by atoms with Gasteiger partial charge >= 0.3 is 0 Å². The highest BCUT2D eigenvalue weighted by Crippen LogP contribution is 2.23. The summed E-state index contributed by atoms with van der Waals surface area (Å²) in [4.78, 5) is 0. The molecule has 0 amide bonds. The number of hydrogen-bond acceptors (Lipinski definition) is 2. The third-order valence-corrected chi connectivity index (χ3v) is 3.00. The lowest BCUT2D eigenvalue weighted by molar-refractivity contribution is 0.266. The van der Waals surface area contributed by atoms with Crippen LogP contribution < -0.4 is 11.1 Å². The summed E-state index contributed by atoms with van der Waals surface area (Å²) in [6, 6.07) is 2.08. The van der Waals surface area contributed by atoms with Crippen molar-refractivity contribution in [2.24, 2.45) is 5.73 Å². The van der Waals surface area contributed by atoms with Gasteiger partial charge in [-0.1, -0.05) is 12.8 Å². The summed E-state index contributed by atoms with van der Waals surface area (Å²) in [5.74, 6) is 0. The van der Waals surface area contributed by atoms with E-state index in [9.17, 15) is 0 Å². The minimum atomic E-state index is 0.494. The molecule has 0 aromatic rings. The quantitative estimate of drug-likeness (QED) is 0.623.